The first-order valence-electron chi connectivity index (χ1n) is 10.0. The molecule has 4 aromatic rings. The molecule has 1 aromatic carbocycles. The third kappa shape index (κ3) is 3.38. The molecule has 2 unspecified atom stereocenters. The van der Waals surface area contributed by atoms with Crippen molar-refractivity contribution in [3.8, 4) is 0 Å². The van der Waals surface area contributed by atoms with Gasteiger partial charge in [-0.3, -0.25) is 0 Å². The largest absolute Gasteiger partial charge is 0.383 e. The number of hydrogen-bond donors (Lipinski definition) is 2. The molecule has 0 bridgehead atoms. The van der Waals surface area contributed by atoms with Gasteiger partial charge in [0.25, 0.3) is 0 Å². The molecule has 0 radical (unpaired) electrons. The lowest BCUT2D eigenvalue weighted by Gasteiger charge is -2.16. The maximum atomic E-state index is 6.34. The van der Waals surface area contributed by atoms with Crippen LogP contribution in [0.3, 0.4) is 0 Å². The molecular formula is C22H24N6O. The molecular weight excluding hydrogens is 364 g/mol. The number of ether oxygens (including phenoxy) is 1. The van der Waals surface area contributed by atoms with Crippen LogP contribution in [0.1, 0.15) is 31.1 Å². The molecule has 2 atom stereocenters. The van der Waals surface area contributed by atoms with E-state index in [1.54, 1.807) is 0 Å². The van der Waals surface area contributed by atoms with Crippen molar-refractivity contribution in [2.45, 2.75) is 38.0 Å². The predicted molar refractivity (Wildman–Crippen MR) is 115 cm³/mol. The Labute approximate surface area is 168 Å². The average Bonchev–Trinajstić information content (AvgIpc) is 3.39. The summed E-state index contributed by atoms with van der Waals surface area (Å²) in [5.74, 6) is 1.40. The number of nitrogen functional groups attached to an aromatic ring is 1. The van der Waals surface area contributed by atoms with E-state index in [2.05, 4.69) is 49.1 Å². The van der Waals surface area contributed by atoms with Crippen molar-refractivity contribution in [1.82, 2.24) is 19.5 Å². The number of benzene rings is 1. The van der Waals surface area contributed by atoms with Crippen LogP contribution in [0.2, 0.25) is 0 Å². The molecule has 1 aliphatic heterocycles. The van der Waals surface area contributed by atoms with Gasteiger partial charge in [0, 0.05) is 18.6 Å². The number of anilines is 2. The number of rotatable bonds is 5. The van der Waals surface area contributed by atoms with Crippen molar-refractivity contribution in [1.29, 1.82) is 0 Å². The maximum absolute atomic E-state index is 6.34. The second-order valence-corrected chi connectivity index (χ2v) is 7.52. The molecule has 0 spiro atoms. The highest BCUT2D eigenvalue weighted by molar-refractivity contribution is 5.86. The zero-order chi connectivity index (χ0) is 19.8. The molecule has 1 fully saturated rings. The van der Waals surface area contributed by atoms with E-state index in [4.69, 9.17) is 10.5 Å². The van der Waals surface area contributed by atoms with E-state index in [0.717, 1.165) is 53.4 Å². The number of nitrogens with zero attached hydrogens (tertiary/aromatic N) is 4. The van der Waals surface area contributed by atoms with Gasteiger partial charge in [-0.2, -0.15) is 0 Å². The summed E-state index contributed by atoms with van der Waals surface area (Å²) in [6.07, 6.45) is 7.73. The normalized spacial score (nSPS) is 19.2. The molecule has 0 saturated carbocycles. The molecule has 5 rings (SSSR count). The second-order valence-electron chi connectivity index (χ2n) is 7.52. The highest BCUT2D eigenvalue weighted by Gasteiger charge is 2.27. The summed E-state index contributed by atoms with van der Waals surface area (Å²) in [5, 5.41) is 5.14. The summed E-state index contributed by atoms with van der Waals surface area (Å²) < 4.78 is 8.41. The number of aryl methyl sites for hydroxylation is 1. The van der Waals surface area contributed by atoms with Crippen LogP contribution in [0.5, 0.6) is 0 Å². The van der Waals surface area contributed by atoms with Crippen LogP contribution in [0.25, 0.3) is 21.9 Å². The first-order valence-corrected chi connectivity index (χ1v) is 10.0. The number of nitrogens with one attached hydrogen (secondary N) is 1. The zero-order valence-corrected chi connectivity index (χ0v) is 16.4. The van der Waals surface area contributed by atoms with Crippen molar-refractivity contribution in [3.05, 3.63) is 54.5 Å². The summed E-state index contributed by atoms with van der Waals surface area (Å²) in [4.78, 5) is 13.1. The van der Waals surface area contributed by atoms with Crippen molar-refractivity contribution >= 4 is 33.6 Å². The lowest BCUT2D eigenvalue weighted by Crippen LogP contribution is -2.12. The Morgan fingerprint density at radius 3 is 2.97 bits per heavy atom. The van der Waals surface area contributed by atoms with Crippen molar-refractivity contribution < 1.29 is 4.74 Å². The van der Waals surface area contributed by atoms with Crippen LogP contribution in [-0.2, 0) is 11.2 Å². The van der Waals surface area contributed by atoms with E-state index in [1.165, 1.54) is 11.9 Å². The highest BCUT2D eigenvalue weighted by Crippen LogP contribution is 2.33. The van der Waals surface area contributed by atoms with Crippen LogP contribution in [-0.4, -0.2) is 32.7 Å². The minimum absolute atomic E-state index is 0.00302. The van der Waals surface area contributed by atoms with E-state index in [0.29, 0.717) is 5.82 Å². The van der Waals surface area contributed by atoms with Crippen LogP contribution in [0.4, 0.5) is 11.6 Å². The molecule has 7 nitrogen and oxygen atoms in total. The first kappa shape index (κ1) is 17.9. The van der Waals surface area contributed by atoms with Gasteiger partial charge in [-0.05, 0) is 55.5 Å². The minimum atomic E-state index is 0.00302. The predicted octanol–water partition coefficient (Wildman–Crippen LogP) is 3.91. The molecule has 3 N–H and O–H groups in total. The second kappa shape index (κ2) is 7.33. The van der Waals surface area contributed by atoms with Crippen LogP contribution < -0.4 is 11.1 Å². The highest BCUT2D eigenvalue weighted by atomic mass is 16.5. The van der Waals surface area contributed by atoms with Gasteiger partial charge in [0.1, 0.15) is 29.8 Å². The molecule has 1 aliphatic rings. The molecule has 29 heavy (non-hydrogen) atoms. The van der Waals surface area contributed by atoms with Gasteiger partial charge >= 0.3 is 0 Å². The lowest BCUT2D eigenvalue weighted by atomic mass is 10.0. The Balaban J connectivity index is 1.26. The molecule has 7 heteroatoms. The average molecular weight is 388 g/mol. The third-order valence-corrected chi connectivity index (χ3v) is 5.70. The van der Waals surface area contributed by atoms with Gasteiger partial charge in [0.05, 0.1) is 17.0 Å². The van der Waals surface area contributed by atoms with Gasteiger partial charge < -0.3 is 20.4 Å². The van der Waals surface area contributed by atoms with E-state index in [1.807, 2.05) is 25.4 Å². The van der Waals surface area contributed by atoms with Crippen molar-refractivity contribution in [2.24, 2.45) is 0 Å². The smallest absolute Gasteiger partial charge is 0.147 e. The Hall–Kier alpha value is -3.19. The summed E-state index contributed by atoms with van der Waals surface area (Å²) in [7, 11) is 1.89. The molecule has 0 amide bonds. The molecule has 4 heterocycles. The Morgan fingerprint density at radius 2 is 2.07 bits per heavy atom. The molecule has 148 valence electrons. The Kier molecular flexibility index (Phi) is 4.52. The van der Waals surface area contributed by atoms with Crippen LogP contribution in [0, 0.1) is 0 Å². The number of nitrogens with two attached hydrogens (primary N) is 1. The van der Waals surface area contributed by atoms with Gasteiger partial charge in [0.15, 0.2) is 0 Å². The van der Waals surface area contributed by atoms with Gasteiger partial charge in [-0.1, -0.05) is 12.1 Å². The van der Waals surface area contributed by atoms with Crippen molar-refractivity contribution in [3.63, 3.8) is 0 Å². The molecule has 3 aromatic heterocycles. The Morgan fingerprint density at radius 1 is 1.17 bits per heavy atom. The number of pyridine rings is 1. The fourth-order valence-electron chi connectivity index (χ4n) is 4.11. The van der Waals surface area contributed by atoms with Crippen molar-refractivity contribution in [2.75, 3.05) is 18.1 Å². The van der Waals surface area contributed by atoms with E-state index >= 15 is 0 Å². The monoisotopic (exact) mass is 388 g/mol. The van der Waals surface area contributed by atoms with Crippen LogP contribution >= 0.6 is 0 Å². The summed E-state index contributed by atoms with van der Waals surface area (Å²) in [6, 6.07) is 12.6. The Bertz CT molecular complexity index is 1170. The van der Waals surface area contributed by atoms with Gasteiger partial charge in [-0.25, -0.2) is 15.0 Å². The first-order chi connectivity index (χ1) is 14.2. The summed E-state index contributed by atoms with van der Waals surface area (Å²) in [6.45, 7) is 0. The SMILES string of the molecule is CNc1ccc2ccc(CCC3CCC(n4ccc5c(N)ncnc54)O3)cc2n1. The quantitative estimate of drug-likeness (QED) is 0.539. The zero-order valence-electron chi connectivity index (χ0n) is 16.4. The lowest BCUT2D eigenvalue weighted by molar-refractivity contribution is 0.00120. The molecule has 0 aliphatic carbocycles. The van der Waals surface area contributed by atoms with Crippen LogP contribution in [0.15, 0.2) is 48.9 Å². The maximum Gasteiger partial charge on any atom is 0.147 e. The number of aromatic nitrogens is 4. The third-order valence-electron chi connectivity index (χ3n) is 5.70. The fraction of sp³-hybridized carbons (Fsp3) is 0.318. The van der Waals surface area contributed by atoms with E-state index in [-0.39, 0.29) is 12.3 Å². The van der Waals surface area contributed by atoms with Gasteiger partial charge in [-0.15, -0.1) is 0 Å². The molecule has 1 saturated heterocycles. The van der Waals surface area contributed by atoms with E-state index < -0.39 is 0 Å². The number of hydrogen-bond acceptors (Lipinski definition) is 6. The fourth-order valence-corrected chi connectivity index (χ4v) is 4.11. The number of fused-ring (bicyclic) bond motifs is 2. The summed E-state index contributed by atoms with van der Waals surface area (Å²) >= 11 is 0. The standard InChI is InChI=1S/C22H24N6O/c1-24-19-8-5-15-4-2-14(12-18(15)27-19)3-6-16-7-9-20(29-16)28-11-10-17-21(23)25-13-26-22(17)28/h2,4-5,8,10-13,16,20H,3,6-7,9H2,1H3,(H,24,27)(H2,23,25,26). The van der Waals surface area contributed by atoms with E-state index in [9.17, 15) is 0 Å². The minimum Gasteiger partial charge on any atom is -0.383 e. The summed E-state index contributed by atoms with van der Waals surface area (Å²) in [5.41, 5.74) is 9.10. The topological polar surface area (TPSA) is 90.9 Å². The van der Waals surface area contributed by atoms with Gasteiger partial charge in [0.2, 0.25) is 0 Å².